The van der Waals surface area contributed by atoms with Crippen molar-refractivity contribution in [3.8, 4) is 0 Å². The molecule has 0 aliphatic carbocycles. The van der Waals surface area contributed by atoms with Gasteiger partial charge in [0, 0.05) is 13.7 Å². The van der Waals surface area contributed by atoms with Gasteiger partial charge >= 0.3 is 17.7 Å². The van der Waals surface area contributed by atoms with Crippen molar-refractivity contribution in [3.63, 3.8) is 0 Å². The van der Waals surface area contributed by atoms with Gasteiger partial charge in [0.25, 0.3) is 5.91 Å². The molecule has 0 radical (unpaired) electrons. The van der Waals surface area contributed by atoms with Gasteiger partial charge < -0.3 is 14.8 Å². The summed E-state index contributed by atoms with van der Waals surface area (Å²) in [5, 5.41) is 19.1. The molecule has 12 nitrogen and oxygen atoms in total. The molecule has 25 heavy (non-hydrogen) atoms. The molecule has 0 saturated carbocycles. The highest BCUT2D eigenvalue weighted by molar-refractivity contribution is 5.95. The minimum atomic E-state index is -0.824. The molecule has 2 N–H and O–H groups in total. The predicted molar refractivity (Wildman–Crippen MR) is 82.7 cm³/mol. The topological polar surface area (TPSA) is 155 Å². The number of rotatable bonds is 8. The maximum Gasteiger partial charge on any atom is 0.328 e. The van der Waals surface area contributed by atoms with Gasteiger partial charge in [-0.05, 0) is 13.8 Å². The molecule has 0 bridgehead atoms. The molecule has 0 spiro atoms. The Morgan fingerprint density at radius 2 is 2.00 bits per heavy atom. The number of amides is 3. The van der Waals surface area contributed by atoms with Gasteiger partial charge in [-0.15, -0.1) is 0 Å². The number of aromatic nitrogens is 2. The monoisotopic (exact) mass is 357 g/mol. The molecule has 12 heteroatoms. The Labute approximate surface area is 142 Å². The van der Waals surface area contributed by atoms with Crippen LogP contribution in [0, 0.1) is 24.0 Å². The summed E-state index contributed by atoms with van der Waals surface area (Å²) in [6, 6.07) is -0.743. The summed E-state index contributed by atoms with van der Waals surface area (Å²) in [4.78, 5) is 44.8. The van der Waals surface area contributed by atoms with E-state index < -0.39 is 36.0 Å². The first-order valence-electron chi connectivity index (χ1n) is 7.16. The van der Waals surface area contributed by atoms with E-state index in [1.807, 2.05) is 5.32 Å². The number of nitrogens with zero attached hydrogens (tertiary/aromatic N) is 3. The van der Waals surface area contributed by atoms with E-state index in [0.717, 1.165) is 4.68 Å². The lowest BCUT2D eigenvalue weighted by atomic mass is 10.3. The van der Waals surface area contributed by atoms with Crippen LogP contribution in [0.1, 0.15) is 11.4 Å². The zero-order valence-electron chi connectivity index (χ0n) is 14.0. The fraction of sp³-hybridized carbons (Fsp3) is 0.538. The largest absolute Gasteiger partial charge is 0.454 e. The number of nitro groups is 1. The van der Waals surface area contributed by atoms with Crippen molar-refractivity contribution in [3.05, 3.63) is 21.5 Å². The van der Waals surface area contributed by atoms with E-state index in [2.05, 4.69) is 10.4 Å². The number of esters is 1. The first-order chi connectivity index (χ1) is 11.8. The van der Waals surface area contributed by atoms with Crippen LogP contribution in [0.4, 0.5) is 10.5 Å². The molecular formula is C13H19N5O7. The Kier molecular flexibility index (Phi) is 7.46. The van der Waals surface area contributed by atoms with Crippen LogP contribution in [0.15, 0.2) is 0 Å². The van der Waals surface area contributed by atoms with E-state index >= 15 is 0 Å². The van der Waals surface area contributed by atoms with Crippen molar-refractivity contribution in [1.29, 1.82) is 0 Å². The van der Waals surface area contributed by atoms with Crippen molar-refractivity contribution in [2.45, 2.75) is 20.4 Å². The smallest absolute Gasteiger partial charge is 0.328 e. The molecule has 138 valence electrons. The van der Waals surface area contributed by atoms with Gasteiger partial charge in [0.15, 0.2) is 6.61 Å². The predicted octanol–water partition coefficient (Wildman–Crippen LogP) is -0.576. The number of methoxy groups -OCH3 is 1. The molecule has 0 aliphatic rings. The maximum atomic E-state index is 11.7. The van der Waals surface area contributed by atoms with Gasteiger partial charge in [0.05, 0.1) is 11.5 Å². The van der Waals surface area contributed by atoms with Crippen LogP contribution in [0.5, 0.6) is 0 Å². The third-order valence-corrected chi connectivity index (χ3v) is 3.01. The Bertz CT molecular complexity index is 670. The Balaban J connectivity index is 2.45. The molecule has 1 rings (SSSR count). The number of hydrogen-bond acceptors (Lipinski definition) is 8. The van der Waals surface area contributed by atoms with Gasteiger partial charge in [0.1, 0.15) is 17.9 Å². The van der Waals surface area contributed by atoms with E-state index in [1.165, 1.54) is 21.0 Å². The van der Waals surface area contributed by atoms with Gasteiger partial charge in [0.2, 0.25) is 0 Å². The minimum Gasteiger partial charge on any atom is -0.454 e. The number of aryl methyl sites for hydroxylation is 1. The lowest BCUT2D eigenvalue weighted by Crippen LogP contribution is -2.42. The fourth-order valence-electron chi connectivity index (χ4n) is 1.89. The zero-order chi connectivity index (χ0) is 19.0. The number of carbonyl (C=O) groups excluding carboxylic acids is 3. The molecule has 3 amide bonds. The first kappa shape index (κ1) is 20.0. The van der Waals surface area contributed by atoms with Crippen LogP contribution in [-0.4, -0.2) is 59.5 Å². The third kappa shape index (κ3) is 6.18. The average molecular weight is 357 g/mol. The van der Waals surface area contributed by atoms with Crippen LogP contribution in [0.2, 0.25) is 0 Å². The number of urea groups is 1. The highest BCUT2D eigenvalue weighted by atomic mass is 16.6. The molecule has 1 heterocycles. The maximum absolute atomic E-state index is 11.7. The van der Waals surface area contributed by atoms with Crippen LogP contribution < -0.4 is 10.6 Å². The highest BCUT2D eigenvalue weighted by Gasteiger charge is 2.23. The normalized spacial score (nSPS) is 10.2. The molecule has 0 aliphatic heterocycles. The lowest BCUT2D eigenvalue weighted by Gasteiger charge is -2.07. The van der Waals surface area contributed by atoms with Crippen molar-refractivity contribution in [2.24, 2.45) is 0 Å². The summed E-state index contributed by atoms with van der Waals surface area (Å²) in [7, 11) is 1.46. The summed E-state index contributed by atoms with van der Waals surface area (Å²) >= 11 is 0. The van der Waals surface area contributed by atoms with E-state index in [9.17, 15) is 24.5 Å². The zero-order valence-corrected chi connectivity index (χ0v) is 14.0. The average Bonchev–Trinajstić information content (AvgIpc) is 2.79. The van der Waals surface area contributed by atoms with E-state index in [0.29, 0.717) is 0 Å². The molecule has 0 saturated heterocycles. The van der Waals surface area contributed by atoms with E-state index in [1.54, 1.807) is 0 Å². The number of carbonyl (C=O) groups is 3. The van der Waals surface area contributed by atoms with Gasteiger partial charge in [-0.1, -0.05) is 0 Å². The van der Waals surface area contributed by atoms with Crippen LogP contribution in [0.3, 0.4) is 0 Å². The number of hydrogen-bond donors (Lipinski definition) is 2. The summed E-state index contributed by atoms with van der Waals surface area (Å²) in [6.07, 6.45) is 0. The molecule has 1 aromatic heterocycles. The summed E-state index contributed by atoms with van der Waals surface area (Å²) in [5.74, 6) is -1.64. The molecule has 0 atom stereocenters. The quantitative estimate of drug-likeness (QED) is 0.271. The molecular weight excluding hydrogens is 338 g/mol. The number of ether oxygens (including phenoxy) is 2. The summed E-state index contributed by atoms with van der Waals surface area (Å²) in [5.41, 5.74) is 0.181. The number of nitrogens with one attached hydrogen (secondary N) is 2. The Morgan fingerprint density at radius 3 is 2.56 bits per heavy atom. The van der Waals surface area contributed by atoms with Crippen LogP contribution >= 0.6 is 0 Å². The van der Waals surface area contributed by atoms with E-state index in [-0.39, 0.29) is 30.2 Å². The van der Waals surface area contributed by atoms with Gasteiger partial charge in [-0.2, -0.15) is 5.10 Å². The molecule has 0 fully saturated rings. The minimum absolute atomic E-state index is 0.167. The standard InChI is InChI=1S/C13H19N5O7/c1-8-12(18(22)23)9(2)17(16-8)6-11(20)25-7-10(19)15-13(21)14-4-5-24-3/h4-7H2,1-3H3,(H2,14,15,19,21). The van der Waals surface area contributed by atoms with Crippen molar-refractivity contribution in [1.82, 2.24) is 20.4 Å². The molecule has 0 aromatic carbocycles. The van der Waals surface area contributed by atoms with Crippen LogP contribution in [-0.2, 0) is 25.6 Å². The van der Waals surface area contributed by atoms with E-state index in [4.69, 9.17) is 9.47 Å². The van der Waals surface area contributed by atoms with Crippen LogP contribution in [0.25, 0.3) is 0 Å². The lowest BCUT2D eigenvalue weighted by molar-refractivity contribution is -0.386. The second-order valence-electron chi connectivity index (χ2n) is 4.89. The van der Waals surface area contributed by atoms with Gasteiger partial charge in [-0.3, -0.25) is 29.7 Å². The van der Waals surface area contributed by atoms with Crippen molar-refractivity contribution in [2.75, 3.05) is 26.9 Å². The molecule has 0 unspecified atom stereocenters. The SMILES string of the molecule is COCCNC(=O)NC(=O)COC(=O)Cn1nc(C)c([N+](=O)[O-])c1C. The third-order valence-electron chi connectivity index (χ3n) is 3.01. The first-order valence-corrected chi connectivity index (χ1v) is 7.16. The van der Waals surface area contributed by atoms with Crippen molar-refractivity contribution >= 4 is 23.6 Å². The molecule has 1 aromatic rings. The fourth-order valence-corrected chi connectivity index (χ4v) is 1.89. The van der Waals surface area contributed by atoms with Crippen molar-refractivity contribution < 1.29 is 28.8 Å². The highest BCUT2D eigenvalue weighted by Crippen LogP contribution is 2.21. The summed E-state index contributed by atoms with van der Waals surface area (Å²) < 4.78 is 10.5. The van der Waals surface area contributed by atoms with Gasteiger partial charge in [-0.25, -0.2) is 4.79 Å². The second kappa shape index (κ2) is 9.32. The number of imide groups is 1. The Hall–Kier alpha value is -3.02. The second-order valence-corrected chi connectivity index (χ2v) is 4.89. The summed E-state index contributed by atoms with van der Waals surface area (Å²) in [6.45, 7) is 2.33. The Morgan fingerprint density at radius 1 is 1.32 bits per heavy atom.